The van der Waals surface area contributed by atoms with Crippen LogP contribution in [0.4, 0.5) is 0 Å². The minimum absolute atomic E-state index is 0.0826. The van der Waals surface area contributed by atoms with Gasteiger partial charge in [0.15, 0.2) is 5.82 Å². The molecule has 2 aromatic heterocycles. The molecule has 2 fully saturated rings. The first-order valence-corrected chi connectivity index (χ1v) is 9.70. The van der Waals surface area contributed by atoms with Gasteiger partial charge in [-0.1, -0.05) is 27.7 Å². The Bertz CT molecular complexity index is 788. The Hall–Kier alpha value is -2.18. The van der Waals surface area contributed by atoms with E-state index in [4.69, 9.17) is 4.98 Å². The molecular weight excluding hydrogens is 328 g/mol. The molecule has 4 rings (SSSR count). The van der Waals surface area contributed by atoms with Crippen LogP contribution in [0, 0.1) is 11.8 Å². The minimum atomic E-state index is 0.0826. The fourth-order valence-corrected chi connectivity index (χ4v) is 4.08. The number of carbonyl (C=O) groups excluding carboxylic acids is 1. The Balaban J connectivity index is 1.57. The van der Waals surface area contributed by atoms with E-state index in [1.165, 1.54) is 12.8 Å². The molecule has 7 heteroatoms. The summed E-state index contributed by atoms with van der Waals surface area (Å²) in [5.41, 5.74) is 1.62. The van der Waals surface area contributed by atoms with Gasteiger partial charge in [0.05, 0.1) is 17.5 Å². The minimum Gasteiger partial charge on any atom is -0.337 e. The van der Waals surface area contributed by atoms with E-state index in [0.29, 0.717) is 29.9 Å². The molecule has 3 heterocycles. The molecule has 2 N–H and O–H groups in total. The van der Waals surface area contributed by atoms with Gasteiger partial charge in [-0.15, -0.1) is 0 Å². The zero-order valence-electron chi connectivity index (χ0n) is 16.0. The molecule has 26 heavy (non-hydrogen) atoms. The molecule has 2 atom stereocenters. The van der Waals surface area contributed by atoms with Crippen LogP contribution in [0.2, 0.25) is 0 Å². The molecule has 1 amide bonds. The van der Waals surface area contributed by atoms with Gasteiger partial charge in [-0.2, -0.15) is 10.2 Å². The highest BCUT2D eigenvalue weighted by Crippen LogP contribution is 2.47. The first-order valence-electron chi connectivity index (χ1n) is 9.70. The molecule has 0 unspecified atom stereocenters. The van der Waals surface area contributed by atoms with E-state index in [2.05, 4.69) is 48.1 Å². The van der Waals surface area contributed by atoms with Crippen LogP contribution in [0.1, 0.15) is 86.0 Å². The van der Waals surface area contributed by atoms with Crippen LogP contribution in [0.5, 0.6) is 0 Å². The summed E-state index contributed by atoms with van der Waals surface area (Å²) < 4.78 is 0. The van der Waals surface area contributed by atoms with Gasteiger partial charge < -0.3 is 4.90 Å². The number of aromatic amines is 2. The predicted octanol–water partition coefficient (Wildman–Crippen LogP) is 3.04. The van der Waals surface area contributed by atoms with Gasteiger partial charge in [0, 0.05) is 24.9 Å². The quantitative estimate of drug-likeness (QED) is 0.861. The first kappa shape index (κ1) is 17.2. The molecule has 2 aliphatic rings. The molecule has 0 aromatic carbocycles. The molecule has 2 aromatic rings. The van der Waals surface area contributed by atoms with Crippen LogP contribution in [0.15, 0.2) is 6.20 Å². The van der Waals surface area contributed by atoms with Crippen molar-refractivity contribution >= 4 is 5.91 Å². The van der Waals surface area contributed by atoms with E-state index in [-0.39, 0.29) is 17.7 Å². The average molecular weight is 356 g/mol. The standard InChI is InChI=1S/C19H28N6O/c1-10(2)16-13(7-20-22-16)19(26)25-8-14(12-5-6-12)15(9-25)18-21-17(11(3)4)23-24-18/h7,10-12,14-15H,5-6,8-9H2,1-4H3,(H,20,22)(H,21,23,24)/t14-,15+/m1/s1. The van der Waals surface area contributed by atoms with Gasteiger partial charge in [-0.3, -0.25) is 15.0 Å². The van der Waals surface area contributed by atoms with Crippen LogP contribution < -0.4 is 0 Å². The normalized spacial score (nSPS) is 23.4. The van der Waals surface area contributed by atoms with Crippen molar-refractivity contribution in [3.8, 4) is 0 Å². The van der Waals surface area contributed by atoms with Gasteiger partial charge in [0.2, 0.25) is 0 Å². The second kappa shape index (κ2) is 6.52. The van der Waals surface area contributed by atoms with Crippen molar-refractivity contribution in [3.63, 3.8) is 0 Å². The maximum atomic E-state index is 13.1. The summed E-state index contributed by atoms with van der Waals surface area (Å²) in [5, 5.41) is 14.6. The van der Waals surface area contributed by atoms with Crippen molar-refractivity contribution in [2.75, 3.05) is 13.1 Å². The van der Waals surface area contributed by atoms with Crippen LogP contribution in [0.25, 0.3) is 0 Å². The maximum Gasteiger partial charge on any atom is 0.257 e. The summed E-state index contributed by atoms with van der Waals surface area (Å²) in [6.07, 6.45) is 4.19. The average Bonchev–Trinajstić information content (AvgIpc) is 3.08. The van der Waals surface area contributed by atoms with Crippen molar-refractivity contribution in [3.05, 3.63) is 29.1 Å². The highest BCUT2D eigenvalue weighted by Gasteiger charge is 2.46. The third kappa shape index (κ3) is 3.04. The van der Waals surface area contributed by atoms with Crippen molar-refractivity contribution < 1.29 is 4.79 Å². The number of nitrogens with one attached hydrogen (secondary N) is 2. The number of hydrogen-bond donors (Lipinski definition) is 2. The van der Waals surface area contributed by atoms with E-state index >= 15 is 0 Å². The smallest absolute Gasteiger partial charge is 0.257 e. The summed E-state index contributed by atoms with van der Waals surface area (Å²) in [6.45, 7) is 9.85. The Morgan fingerprint density at radius 3 is 2.54 bits per heavy atom. The van der Waals surface area contributed by atoms with Gasteiger partial charge in [-0.05, 0) is 30.6 Å². The zero-order valence-corrected chi connectivity index (χ0v) is 16.0. The van der Waals surface area contributed by atoms with Crippen molar-refractivity contribution in [2.45, 2.75) is 58.3 Å². The van der Waals surface area contributed by atoms with E-state index < -0.39 is 0 Å². The van der Waals surface area contributed by atoms with Crippen LogP contribution in [0.3, 0.4) is 0 Å². The van der Waals surface area contributed by atoms with E-state index in [9.17, 15) is 4.79 Å². The molecule has 1 aliphatic heterocycles. The lowest BCUT2D eigenvalue weighted by Crippen LogP contribution is -2.29. The molecule has 0 spiro atoms. The van der Waals surface area contributed by atoms with E-state index in [1.807, 2.05) is 4.90 Å². The van der Waals surface area contributed by atoms with E-state index in [0.717, 1.165) is 23.9 Å². The summed E-state index contributed by atoms with van der Waals surface area (Å²) in [4.78, 5) is 19.9. The van der Waals surface area contributed by atoms with Gasteiger partial charge in [-0.25, -0.2) is 4.98 Å². The van der Waals surface area contributed by atoms with Gasteiger partial charge in [0.25, 0.3) is 5.91 Å². The number of carbonyl (C=O) groups is 1. The molecule has 1 aliphatic carbocycles. The number of aromatic nitrogens is 5. The van der Waals surface area contributed by atoms with E-state index in [1.54, 1.807) is 6.20 Å². The monoisotopic (exact) mass is 356 g/mol. The molecule has 0 bridgehead atoms. The number of amides is 1. The lowest BCUT2D eigenvalue weighted by Gasteiger charge is -2.17. The highest BCUT2D eigenvalue weighted by molar-refractivity contribution is 5.95. The second-order valence-electron chi connectivity index (χ2n) is 8.40. The van der Waals surface area contributed by atoms with Crippen LogP contribution in [-0.2, 0) is 0 Å². The Labute approximate surface area is 154 Å². The highest BCUT2D eigenvalue weighted by atomic mass is 16.2. The fourth-order valence-electron chi connectivity index (χ4n) is 4.08. The molecule has 7 nitrogen and oxygen atoms in total. The SMILES string of the molecule is CC(C)c1n[nH]c([C@H]2CN(C(=O)c3cn[nH]c3C(C)C)C[C@@H]2C2CC2)n1. The zero-order chi connectivity index (χ0) is 18.4. The van der Waals surface area contributed by atoms with Crippen molar-refractivity contribution in [2.24, 2.45) is 11.8 Å². The number of H-pyrrole nitrogens is 2. The second-order valence-corrected chi connectivity index (χ2v) is 8.40. The number of nitrogens with zero attached hydrogens (tertiary/aromatic N) is 4. The molecule has 0 radical (unpaired) electrons. The Morgan fingerprint density at radius 2 is 1.92 bits per heavy atom. The lowest BCUT2D eigenvalue weighted by molar-refractivity contribution is 0.0783. The largest absolute Gasteiger partial charge is 0.337 e. The Kier molecular flexibility index (Phi) is 4.32. The first-order chi connectivity index (χ1) is 12.5. The van der Waals surface area contributed by atoms with Crippen molar-refractivity contribution in [1.29, 1.82) is 0 Å². The lowest BCUT2D eigenvalue weighted by atomic mass is 9.91. The summed E-state index contributed by atoms with van der Waals surface area (Å²) in [6, 6.07) is 0. The van der Waals surface area contributed by atoms with Crippen molar-refractivity contribution in [1.82, 2.24) is 30.3 Å². The third-order valence-corrected chi connectivity index (χ3v) is 5.74. The number of likely N-dealkylation sites (tertiary alicyclic amines) is 1. The number of rotatable bonds is 5. The summed E-state index contributed by atoms with van der Waals surface area (Å²) in [5.74, 6) is 3.86. The van der Waals surface area contributed by atoms with Gasteiger partial charge >= 0.3 is 0 Å². The predicted molar refractivity (Wildman–Crippen MR) is 98.0 cm³/mol. The molecule has 1 saturated carbocycles. The summed E-state index contributed by atoms with van der Waals surface area (Å²) in [7, 11) is 0. The topological polar surface area (TPSA) is 90.6 Å². The molecule has 1 saturated heterocycles. The summed E-state index contributed by atoms with van der Waals surface area (Å²) >= 11 is 0. The number of hydrogen-bond acceptors (Lipinski definition) is 4. The molecular formula is C19H28N6O. The molecule has 140 valence electrons. The van der Waals surface area contributed by atoms with Gasteiger partial charge in [0.1, 0.15) is 5.82 Å². The Morgan fingerprint density at radius 1 is 1.15 bits per heavy atom. The fraction of sp³-hybridized carbons (Fsp3) is 0.684. The van der Waals surface area contributed by atoms with Crippen LogP contribution >= 0.6 is 0 Å². The third-order valence-electron chi connectivity index (χ3n) is 5.74. The maximum absolute atomic E-state index is 13.1. The van der Waals surface area contributed by atoms with Crippen LogP contribution in [-0.4, -0.2) is 49.3 Å².